The highest BCUT2D eigenvalue weighted by Crippen LogP contribution is 2.52. The van der Waals surface area contributed by atoms with Crippen molar-refractivity contribution >= 4 is 17.5 Å². The predicted molar refractivity (Wildman–Crippen MR) is 105 cm³/mol. The molecule has 0 spiro atoms. The average molecular weight is 402 g/mol. The topological polar surface area (TPSA) is 75.9 Å². The standard InChI is InChI=1S/C21H27FN4O3/c1-20(2,3)29-19(28)25-10-12-13(11-25)16(12)17(27)24-21(4,5)18-23-9-15-14(22)7-6-8-26(15)18/h6-9,12-13,16H,10-11H2,1-5H3,(H,24,27). The summed E-state index contributed by atoms with van der Waals surface area (Å²) in [7, 11) is 0. The molecule has 7 nitrogen and oxygen atoms in total. The highest BCUT2D eigenvalue weighted by atomic mass is 19.1. The highest BCUT2D eigenvalue weighted by molar-refractivity contribution is 5.84. The van der Waals surface area contributed by atoms with Crippen molar-refractivity contribution in [3.63, 3.8) is 0 Å². The number of fused-ring (bicyclic) bond motifs is 2. The highest BCUT2D eigenvalue weighted by Gasteiger charge is 2.61. The van der Waals surface area contributed by atoms with Crippen molar-refractivity contribution in [3.05, 3.63) is 36.2 Å². The molecule has 3 heterocycles. The molecule has 2 aromatic rings. The molecule has 8 heteroatoms. The number of piperidine rings is 1. The molecule has 156 valence electrons. The van der Waals surface area contributed by atoms with Crippen LogP contribution in [0.5, 0.6) is 0 Å². The first-order valence-electron chi connectivity index (χ1n) is 9.90. The summed E-state index contributed by atoms with van der Waals surface area (Å²) in [5.74, 6) is 0.368. The van der Waals surface area contributed by atoms with E-state index in [0.29, 0.717) is 24.4 Å². The lowest BCUT2D eigenvalue weighted by Crippen LogP contribution is -2.45. The van der Waals surface area contributed by atoms with Crippen LogP contribution < -0.4 is 5.32 Å². The number of likely N-dealkylation sites (tertiary alicyclic amines) is 1. The molecule has 1 saturated carbocycles. The summed E-state index contributed by atoms with van der Waals surface area (Å²) in [6, 6.07) is 3.00. The molecular weight excluding hydrogens is 375 g/mol. The Labute approximate surface area is 169 Å². The molecular formula is C21H27FN4O3. The van der Waals surface area contributed by atoms with Crippen LogP contribution in [0.3, 0.4) is 0 Å². The van der Waals surface area contributed by atoms with Crippen molar-refractivity contribution < 1.29 is 18.7 Å². The van der Waals surface area contributed by atoms with Gasteiger partial charge in [-0.05, 0) is 58.6 Å². The van der Waals surface area contributed by atoms with Crippen molar-refractivity contribution in [2.24, 2.45) is 17.8 Å². The molecule has 2 amide bonds. The first-order valence-corrected chi connectivity index (χ1v) is 9.90. The van der Waals surface area contributed by atoms with Crippen molar-refractivity contribution in [1.29, 1.82) is 0 Å². The van der Waals surface area contributed by atoms with Gasteiger partial charge in [-0.2, -0.15) is 0 Å². The van der Waals surface area contributed by atoms with Crippen LogP contribution in [0.2, 0.25) is 0 Å². The molecule has 4 rings (SSSR count). The van der Waals surface area contributed by atoms with Crippen LogP contribution in [0.25, 0.3) is 5.52 Å². The summed E-state index contributed by atoms with van der Waals surface area (Å²) in [5.41, 5.74) is -0.919. The summed E-state index contributed by atoms with van der Waals surface area (Å²) in [5, 5.41) is 3.06. The lowest BCUT2D eigenvalue weighted by Gasteiger charge is -2.27. The van der Waals surface area contributed by atoms with Crippen LogP contribution in [0.4, 0.5) is 9.18 Å². The van der Waals surface area contributed by atoms with Gasteiger partial charge in [-0.25, -0.2) is 14.2 Å². The second-order valence-corrected chi connectivity index (χ2v) is 9.55. The number of hydrogen-bond acceptors (Lipinski definition) is 4. The van der Waals surface area contributed by atoms with Gasteiger partial charge in [0.1, 0.15) is 22.8 Å². The third kappa shape index (κ3) is 3.56. The summed E-state index contributed by atoms with van der Waals surface area (Å²) in [4.78, 5) is 31.1. The van der Waals surface area contributed by atoms with Crippen LogP contribution >= 0.6 is 0 Å². The van der Waals surface area contributed by atoms with Gasteiger partial charge in [-0.3, -0.25) is 9.20 Å². The Morgan fingerprint density at radius 3 is 2.48 bits per heavy atom. The molecule has 0 bridgehead atoms. The van der Waals surface area contributed by atoms with E-state index in [-0.39, 0.29) is 35.6 Å². The Kier molecular flexibility index (Phi) is 4.36. The SMILES string of the molecule is CC(C)(C)OC(=O)N1CC2C(C1)C2C(=O)NC(C)(C)c1ncc2c(F)cccn12. The second kappa shape index (κ2) is 6.43. The maximum absolute atomic E-state index is 14.0. The molecule has 29 heavy (non-hydrogen) atoms. The third-order valence-electron chi connectivity index (χ3n) is 5.66. The number of ether oxygens (including phenoxy) is 1. The van der Waals surface area contributed by atoms with E-state index in [1.54, 1.807) is 21.6 Å². The minimum atomic E-state index is -0.765. The number of carbonyl (C=O) groups is 2. The second-order valence-electron chi connectivity index (χ2n) is 9.55. The fourth-order valence-electron chi connectivity index (χ4n) is 4.29. The van der Waals surface area contributed by atoms with E-state index in [9.17, 15) is 14.0 Å². The summed E-state index contributed by atoms with van der Waals surface area (Å²) in [6.45, 7) is 10.3. The Bertz CT molecular complexity index is 966. The van der Waals surface area contributed by atoms with Crippen molar-refractivity contribution in [1.82, 2.24) is 19.6 Å². The number of aromatic nitrogens is 2. The van der Waals surface area contributed by atoms with E-state index < -0.39 is 11.1 Å². The quantitative estimate of drug-likeness (QED) is 0.857. The predicted octanol–water partition coefficient (Wildman–Crippen LogP) is 2.94. The Morgan fingerprint density at radius 2 is 1.86 bits per heavy atom. The van der Waals surface area contributed by atoms with E-state index in [0.717, 1.165) is 0 Å². The maximum atomic E-state index is 14.0. The fraction of sp³-hybridized carbons (Fsp3) is 0.571. The first kappa shape index (κ1) is 19.7. The van der Waals surface area contributed by atoms with E-state index in [1.807, 2.05) is 34.6 Å². The van der Waals surface area contributed by atoms with Gasteiger partial charge in [-0.15, -0.1) is 0 Å². The molecule has 2 atom stereocenters. The van der Waals surface area contributed by atoms with Gasteiger partial charge in [0.15, 0.2) is 0 Å². The summed E-state index contributed by atoms with van der Waals surface area (Å²) < 4.78 is 21.0. The lowest BCUT2D eigenvalue weighted by atomic mass is 10.0. The van der Waals surface area contributed by atoms with Crippen LogP contribution in [0.15, 0.2) is 24.5 Å². The largest absolute Gasteiger partial charge is 0.444 e. The number of rotatable bonds is 3. The monoisotopic (exact) mass is 402 g/mol. The first-order chi connectivity index (χ1) is 13.5. The molecule has 0 radical (unpaired) electrons. The molecule has 2 fully saturated rings. The van der Waals surface area contributed by atoms with Crippen LogP contribution in [-0.2, 0) is 15.1 Å². The van der Waals surface area contributed by atoms with Gasteiger partial charge in [0.25, 0.3) is 0 Å². The van der Waals surface area contributed by atoms with Gasteiger partial charge in [0.2, 0.25) is 5.91 Å². The number of carbonyl (C=O) groups excluding carboxylic acids is 2. The lowest BCUT2D eigenvalue weighted by molar-refractivity contribution is -0.125. The fourth-order valence-corrected chi connectivity index (χ4v) is 4.29. The van der Waals surface area contributed by atoms with Gasteiger partial charge in [-0.1, -0.05) is 0 Å². The maximum Gasteiger partial charge on any atom is 0.410 e. The number of halogens is 1. The van der Waals surface area contributed by atoms with Gasteiger partial charge >= 0.3 is 6.09 Å². The Morgan fingerprint density at radius 1 is 1.21 bits per heavy atom. The molecule has 0 aromatic carbocycles. The smallest absolute Gasteiger partial charge is 0.410 e. The number of amides is 2. The molecule has 2 unspecified atom stereocenters. The van der Waals surface area contributed by atoms with Crippen LogP contribution in [0.1, 0.15) is 40.4 Å². The number of nitrogens with one attached hydrogen (secondary N) is 1. The molecule has 2 aromatic heterocycles. The normalized spacial score (nSPS) is 23.8. The Hall–Kier alpha value is -2.64. The van der Waals surface area contributed by atoms with Crippen LogP contribution in [-0.4, -0.2) is 45.0 Å². The van der Waals surface area contributed by atoms with E-state index in [1.165, 1.54) is 12.3 Å². The van der Waals surface area contributed by atoms with E-state index >= 15 is 0 Å². The Balaban J connectivity index is 1.40. The summed E-state index contributed by atoms with van der Waals surface area (Å²) >= 11 is 0. The molecule has 1 aliphatic heterocycles. The van der Waals surface area contributed by atoms with E-state index in [2.05, 4.69) is 10.3 Å². The minimum Gasteiger partial charge on any atom is -0.444 e. The zero-order valence-corrected chi connectivity index (χ0v) is 17.4. The number of hydrogen-bond donors (Lipinski definition) is 1. The van der Waals surface area contributed by atoms with E-state index in [4.69, 9.17) is 4.74 Å². The number of pyridine rings is 1. The van der Waals surface area contributed by atoms with Crippen LogP contribution in [0, 0.1) is 23.6 Å². The molecule has 1 N–H and O–H groups in total. The number of nitrogens with zero attached hydrogens (tertiary/aromatic N) is 3. The van der Waals surface area contributed by atoms with Gasteiger partial charge in [0, 0.05) is 25.2 Å². The zero-order chi connectivity index (χ0) is 21.1. The molecule has 1 aliphatic carbocycles. The zero-order valence-electron chi connectivity index (χ0n) is 17.4. The van der Waals surface area contributed by atoms with Gasteiger partial charge < -0.3 is 15.0 Å². The van der Waals surface area contributed by atoms with Crippen molar-refractivity contribution in [3.8, 4) is 0 Å². The summed E-state index contributed by atoms with van der Waals surface area (Å²) in [6.07, 6.45) is 2.89. The molecule has 1 saturated heterocycles. The average Bonchev–Trinajstić information content (AvgIpc) is 2.96. The van der Waals surface area contributed by atoms with Crippen molar-refractivity contribution in [2.75, 3.05) is 13.1 Å². The third-order valence-corrected chi connectivity index (χ3v) is 5.66. The number of imidazole rings is 1. The van der Waals surface area contributed by atoms with Gasteiger partial charge in [0.05, 0.1) is 11.7 Å². The molecule has 2 aliphatic rings. The van der Waals surface area contributed by atoms with Crippen molar-refractivity contribution in [2.45, 2.75) is 45.8 Å². The minimum absolute atomic E-state index is 0.0537.